The van der Waals surface area contributed by atoms with E-state index in [0.29, 0.717) is 23.9 Å². The Kier molecular flexibility index (Phi) is 71.2. The van der Waals surface area contributed by atoms with Crippen molar-refractivity contribution >= 4 is 19.8 Å². The highest BCUT2D eigenvalue weighted by atomic mass is 31.2. The van der Waals surface area contributed by atoms with E-state index in [4.69, 9.17) is 18.5 Å². The van der Waals surface area contributed by atoms with Gasteiger partial charge in [0, 0.05) is 12.8 Å². The Morgan fingerprint density at radius 3 is 0.816 bits per heavy atom. The van der Waals surface area contributed by atoms with Gasteiger partial charge < -0.3 is 27.9 Å². The molecule has 0 radical (unpaired) electrons. The van der Waals surface area contributed by atoms with E-state index in [9.17, 15) is 19.0 Å². The first-order valence-corrected chi connectivity index (χ1v) is 39.9. The molecule has 0 saturated carbocycles. The van der Waals surface area contributed by atoms with Gasteiger partial charge in [0.2, 0.25) is 0 Å². The number of nitrogens with zero attached hydrogens (tertiary/aromatic N) is 1. The van der Waals surface area contributed by atoms with Gasteiger partial charge >= 0.3 is 11.9 Å². The molecule has 0 aliphatic rings. The molecule has 0 bridgehead atoms. The third-order valence-corrected chi connectivity index (χ3v) is 16.5. The van der Waals surface area contributed by atoms with Gasteiger partial charge in [-0.2, -0.15) is 0 Å². The van der Waals surface area contributed by atoms with Crippen LogP contribution in [0.2, 0.25) is 0 Å². The number of ether oxygens (including phenoxy) is 2. The summed E-state index contributed by atoms with van der Waals surface area (Å²) in [5.74, 6) is -0.862. The lowest BCUT2D eigenvalue weighted by Gasteiger charge is -2.28. The van der Waals surface area contributed by atoms with Crippen molar-refractivity contribution in [2.75, 3.05) is 47.5 Å². The van der Waals surface area contributed by atoms with Crippen molar-refractivity contribution in [2.24, 2.45) is 0 Å². The monoisotopic (exact) mass is 1370 g/mol. The van der Waals surface area contributed by atoms with Crippen LogP contribution in [-0.4, -0.2) is 70.0 Å². The molecule has 0 aromatic heterocycles. The van der Waals surface area contributed by atoms with Crippen LogP contribution in [0.3, 0.4) is 0 Å². The number of phosphoric ester groups is 1. The fourth-order valence-corrected chi connectivity index (χ4v) is 10.4. The topological polar surface area (TPSA) is 111 Å². The Morgan fingerprint density at radius 1 is 0.316 bits per heavy atom. The average molecular weight is 1370 g/mol. The van der Waals surface area contributed by atoms with Crippen molar-refractivity contribution < 1.29 is 42.1 Å². The predicted octanol–water partition coefficient (Wildman–Crippen LogP) is 25.3. The van der Waals surface area contributed by atoms with Crippen molar-refractivity contribution in [1.29, 1.82) is 0 Å². The summed E-state index contributed by atoms with van der Waals surface area (Å²) in [6, 6.07) is 0. The van der Waals surface area contributed by atoms with Crippen LogP contribution in [0.25, 0.3) is 0 Å². The van der Waals surface area contributed by atoms with Gasteiger partial charge in [0.1, 0.15) is 19.8 Å². The van der Waals surface area contributed by atoms with Crippen LogP contribution in [0.1, 0.15) is 271 Å². The van der Waals surface area contributed by atoms with Crippen molar-refractivity contribution in [3.63, 3.8) is 0 Å². The minimum Gasteiger partial charge on any atom is -0.756 e. The van der Waals surface area contributed by atoms with Crippen LogP contribution in [0.15, 0.2) is 219 Å². The van der Waals surface area contributed by atoms with E-state index in [1.807, 2.05) is 21.1 Å². The maximum absolute atomic E-state index is 12.9. The highest BCUT2D eigenvalue weighted by Crippen LogP contribution is 2.38. The summed E-state index contributed by atoms with van der Waals surface area (Å²) in [5, 5.41) is 0. The van der Waals surface area contributed by atoms with E-state index in [0.717, 1.165) is 167 Å². The highest BCUT2D eigenvalue weighted by Gasteiger charge is 2.22. The SMILES string of the molecule is CC/C=C\C/C=C\C/C=C\C/C=C\C/C=C\C/C=C\C/C=C\C/C=C\C/C=C\CCCCCCCCCCCCCC(=O)OC(COC(=O)CCCCCCCCC/C=C\C/C=C\C/C=C\C/C=C\C/C=C\C/C=C\C/C=C\C/C=C\C/C=C\CC)COP(=O)([O-])OCC[N+](C)(C)C. The first-order valence-electron chi connectivity index (χ1n) is 38.4. The number of rotatable bonds is 68. The van der Waals surface area contributed by atoms with E-state index in [-0.39, 0.29) is 26.1 Å². The Hall–Kier alpha value is -5.67. The van der Waals surface area contributed by atoms with Crippen molar-refractivity contribution in [1.82, 2.24) is 0 Å². The van der Waals surface area contributed by atoms with Gasteiger partial charge in [0.15, 0.2) is 6.10 Å². The zero-order valence-electron chi connectivity index (χ0n) is 62.6. The maximum atomic E-state index is 12.9. The summed E-state index contributed by atoms with van der Waals surface area (Å²) >= 11 is 0. The van der Waals surface area contributed by atoms with Crippen LogP contribution in [0.4, 0.5) is 0 Å². The summed E-state index contributed by atoms with van der Waals surface area (Å²) in [4.78, 5) is 38.2. The minimum absolute atomic E-state index is 0.0445. The van der Waals surface area contributed by atoms with E-state index < -0.39 is 32.5 Å². The molecule has 2 atom stereocenters. The van der Waals surface area contributed by atoms with Gasteiger partial charge in [-0.25, -0.2) is 0 Å². The molecule has 0 aromatic rings. The van der Waals surface area contributed by atoms with Crippen LogP contribution >= 0.6 is 7.82 Å². The van der Waals surface area contributed by atoms with Crippen molar-refractivity contribution in [2.45, 2.75) is 277 Å². The summed E-state index contributed by atoms with van der Waals surface area (Å²) in [6.45, 7) is 3.98. The molecular formula is C88H140NO8P. The summed E-state index contributed by atoms with van der Waals surface area (Å²) in [6.07, 6.45) is 120. The summed E-state index contributed by atoms with van der Waals surface area (Å²) < 4.78 is 34.4. The van der Waals surface area contributed by atoms with E-state index >= 15 is 0 Å². The number of hydrogen-bond acceptors (Lipinski definition) is 8. The van der Waals surface area contributed by atoms with Gasteiger partial charge in [-0.15, -0.1) is 0 Å². The predicted molar refractivity (Wildman–Crippen MR) is 424 cm³/mol. The standard InChI is InChI=1S/C88H140NO8P/c1-6-8-10-12-14-16-18-20-22-24-26-28-30-32-34-36-38-40-42-43-44-45-47-49-51-53-55-57-59-61-63-65-67-69-71-73-75-77-79-81-88(91)97-86(85-96-98(92,93)95-83-82-89(3,4)5)84-94-87(90)80-78-76-74-72-70-68-66-64-62-60-58-56-54-52-50-48-46-41-39-37-35-33-31-29-27-25-23-21-19-17-15-13-11-9-7-2/h8-11,14-17,20-23,26-29,32-35,38-41,43-44,47-50,53-56,60,62,86H,6-7,12-13,18-19,24-25,30-31,36-37,42,45-46,51-52,57-59,61,63-85H2,1-5H3/b10-8-,11-9-,16-14-,17-15-,22-20-,23-21-,28-26-,29-27-,34-32-,35-33-,40-38-,41-39-,44-43-,49-47-,50-48-,55-53-,56-54-,62-60-. The lowest BCUT2D eigenvalue weighted by atomic mass is 10.0. The first-order chi connectivity index (χ1) is 48.0. The number of quaternary nitrogens is 1. The van der Waals surface area contributed by atoms with Crippen LogP contribution in [-0.2, 0) is 32.7 Å². The summed E-state index contributed by atoms with van der Waals surface area (Å²) in [7, 11) is 1.13. The van der Waals surface area contributed by atoms with Gasteiger partial charge in [0.05, 0.1) is 27.7 Å². The van der Waals surface area contributed by atoms with Crippen molar-refractivity contribution in [3.8, 4) is 0 Å². The van der Waals surface area contributed by atoms with Crippen LogP contribution in [0, 0.1) is 0 Å². The zero-order chi connectivity index (χ0) is 71.1. The number of allylic oxidation sites excluding steroid dienone is 36. The molecule has 2 unspecified atom stereocenters. The number of phosphoric acid groups is 1. The van der Waals surface area contributed by atoms with Gasteiger partial charge in [-0.1, -0.05) is 322 Å². The molecule has 98 heavy (non-hydrogen) atoms. The fourth-order valence-electron chi connectivity index (χ4n) is 9.70. The van der Waals surface area contributed by atoms with E-state index in [2.05, 4.69) is 233 Å². The molecule has 0 saturated heterocycles. The Balaban J connectivity index is 4.13. The number of esters is 2. The molecule has 0 aromatic carbocycles. The third kappa shape index (κ3) is 79.3. The number of carbonyl (C=O) groups excluding carboxylic acids is 2. The van der Waals surface area contributed by atoms with E-state index in [1.54, 1.807) is 0 Å². The molecular weight excluding hydrogens is 1230 g/mol. The number of unbranched alkanes of at least 4 members (excludes halogenated alkanes) is 18. The molecule has 10 heteroatoms. The number of hydrogen-bond donors (Lipinski definition) is 0. The third-order valence-electron chi connectivity index (χ3n) is 15.5. The zero-order valence-corrected chi connectivity index (χ0v) is 63.5. The number of carbonyl (C=O) groups is 2. The smallest absolute Gasteiger partial charge is 0.306 e. The molecule has 0 fully saturated rings. The molecule has 0 heterocycles. The van der Waals surface area contributed by atoms with Crippen molar-refractivity contribution in [3.05, 3.63) is 219 Å². The molecule has 550 valence electrons. The lowest BCUT2D eigenvalue weighted by Crippen LogP contribution is -2.37. The molecule has 0 aliphatic heterocycles. The fraction of sp³-hybridized carbons (Fsp3) is 0.568. The maximum Gasteiger partial charge on any atom is 0.306 e. The van der Waals surface area contributed by atoms with Gasteiger partial charge in [0.25, 0.3) is 7.82 Å². The molecule has 0 spiro atoms. The summed E-state index contributed by atoms with van der Waals surface area (Å²) in [5.41, 5.74) is 0. The Morgan fingerprint density at radius 2 is 0.551 bits per heavy atom. The highest BCUT2D eigenvalue weighted by molar-refractivity contribution is 7.45. The number of likely N-dealkylation sites (N-methyl/N-ethyl adjacent to an activating group) is 1. The second kappa shape index (κ2) is 75.5. The first kappa shape index (κ1) is 92.3. The van der Waals surface area contributed by atoms with Gasteiger partial charge in [-0.05, 0) is 154 Å². The van der Waals surface area contributed by atoms with E-state index in [1.165, 1.54) is 64.2 Å². The van der Waals surface area contributed by atoms with Crippen LogP contribution in [0.5, 0.6) is 0 Å². The second-order valence-electron chi connectivity index (χ2n) is 25.9. The lowest BCUT2D eigenvalue weighted by molar-refractivity contribution is -0.870. The molecule has 0 amide bonds. The molecule has 0 N–H and O–H groups in total. The average Bonchev–Trinajstić information content (AvgIpc) is 1.23. The molecule has 0 rings (SSSR count). The van der Waals surface area contributed by atoms with Crippen LogP contribution < -0.4 is 4.89 Å². The normalized spacial score (nSPS) is 14.3. The molecule has 9 nitrogen and oxygen atoms in total. The van der Waals surface area contributed by atoms with Gasteiger partial charge in [-0.3, -0.25) is 14.2 Å². The molecule has 0 aliphatic carbocycles. The quantitative estimate of drug-likeness (QED) is 0.0195. The Bertz CT molecular complexity index is 2460. The largest absolute Gasteiger partial charge is 0.756 e. The second-order valence-corrected chi connectivity index (χ2v) is 27.3. The minimum atomic E-state index is -4.66. The Labute approximate surface area is 601 Å².